The third-order valence-electron chi connectivity index (χ3n) is 2.14. The maximum Gasteiger partial charge on any atom is 0.296 e. The van der Waals surface area contributed by atoms with E-state index in [0.29, 0.717) is 18.6 Å². The van der Waals surface area contributed by atoms with Gasteiger partial charge in [0.1, 0.15) is 0 Å². The average molecular weight is 167 g/mol. The maximum atomic E-state index is 5.57. The van der Waals surface area contributed by atoms with Gasteiger partial charge >= 0.3 is 0 Å². The zero-order valence-electron chi connectivity index (χ0n) is 7.16. The molecule has 0 aliphatic heterocycles. The minimum atomic E-state index is 0.535. The van der Waals surface area contributed by atoms with Crippen LogP contribution in [0.15, 0.2) is 6.20 Å². The molecule has 1 aliphatic rings. The minimum Gasteiger partial charge on any atom is -0.468 e. The number of rotatable bonds is 3. The number of nitrogens with zero attached hydrogens (tertiary/aromatic N) is 2. The van der Waals surface area contributed by atoms with Crippen molar-refractivity contribution < 1.29 is 4.74 Å². The molecule has 1 aliphatic carbocycles. The second kappa shape index (κ2) is 2.79. The molecule has 66 valence electrons. The third-order valence-corrected chi connectivity index (χ3v) is 2.14. The van der Waals surface area contributed by atoms with Crippen LogP contribution in [0.4, 0.5) is 0 Å². The Bertz CT molecular complexity index is 256. The first-order valence-corrected chi connectivity index (χ1v) is 4.17. The Hall–Kier alpha value is -1.03. The van der Waals surface area contributed by atoms with Gasteiger partial charge in [-0.05, 0) is 12.8 Å². The normalized spacial score (nSPS) is 16.5. The van der Waals surface area contributed by atoms with Crippen LogP contribution in [-0.2, 0) is 6.54 Å². The molecule has 1 aromatic heterocycles. The summed E-state index contributed by atoms with van der Waals surface area (Å²) in [6.07, 6.45) is 4.23. The van der Waals surface area contributed by atoms with Crippen LogP contribution in [0.2, 0.25) is 0 Å². The lowest BCUT2D eigenvalue weighted by molar-refractivity contribution is 0.355. The van der Waals surface area contributed by atoms with Crippen LogP contribution < -0.4 is 10.5 Å². The molecule has 0 aromatic carbocycles. The van der Waals surface area contributed by atoms with Crippen molar-refractivity contribution in [3.05, 3.63) is 11.9 Å². The van der Waals surface area contributed by atoms with Gasteiger partial charge in [-0.25, -0.2) is 4.98 Å². The molecular weight excluding hydrogens is 154 g/mol. The molecule has 0 radical (unpaired) electrons. The lowest BCUT2D eigenvalue weighted by Gasteiger charge is -2.07. The van der Waals surface area contributed by atoms with Crippen LogP contribution in [-0.4, -0.2) is 16.7 Å². The van der Waals surface area contributed by atoms with Crippen LogP contribution in [0.5, 0.6) is 6.01 Å². The van der Waals surface area contributed by atoms with E-state index >= 15 is 0 Å². The summed E-state index contributed by atoms with van der Waals surface area (Å²) in [5.41, 5.74) is 6.63. The van der Waals surface area contributed by atoms with E-state index in [-0.39, 0.29) is 0 Å². The van der Waals surface area contributed by atoms with Gasteiger partial charge in [0.25, 0.3) is 6.01 Å². The molecule has 2 N–H and O–H groups in total. The first-order chi connectivity index (χ1) is 5.86. The summed E-state index contributed by atoms with van der Waals surface area (Å²) in [7, 11) is 1.64. The molecule has 1 aromatic rings. The Morgan fingerprint density at radius 2 is 2.50 bits per heavy atom. The largest absolute Gasteiger partial charge is 0.468 e. The van der Waals surface area contributed by atoms with Crippen molar-refractivity contribution in [2.24, 2.45) is 5.73 Å². The van der Waals surface area contributed by atoms with Gasteiger partial charge in [0.15, 0.2) is 0 Å². The Kier molecular flexibility index (Phi) is 1.77. The fraction of sp³-hybridized carbons (Fsp3) is 0.625. The molecule has 0 unspecified atom stereocenters. The molecule has 0 spiro atoms. The molecule has 1 saturated carbocycles. The summed E-state index contributed by atoms with van der Waals surface area (Å²) < 4.78 is 7.22. The van der Waals surface area contributed by atoms with Crippen molar-refractivity contribution in [3.8, 4) is 6.01 Å². The highest BCUT2D eigenvalue weighted by Gasteiger charge is 2.28. The molecule has 2 rings (SSSR count). The van der Waals surface area contributed by atoms with Crippen molar-refractivity contribution in [2.75, 3.05) is 7.11 Å². The van der Waals surface area contributed by atoms with Gasteiger partial charge in [-0.1, -0.05) is 0 Å². The molecule has 0 atom stereocenters. The third kappa shape index (κ3) is 1.08. The fourth-order valence-electron chi connectivity index (χ4n) is 1.40. The predicted molar refractivity (Wildman–Crippen MR) is 44.9 cm³/mol. The number of nitrogens with two attached hydrogens (primary N) is 1. The van der Waals surface area contributed by atoms with Crippen LogP contribution in [0.1, 0.15) is 24.6 Å². The zero-order valence-corrected chi connectivity index (χ0v) is 7.16. The SMILES string of the molecule is COc1ncc(CN)n1C1CC1. The summed E-state index contributed by atoms with van der Waals surface area (Å²) in [4.78, 5) is 4.13. The molecule has 4 heteroatoms. The fourth-order valence-corrected chi connectivity index (χ4v) is 1.40. The lowest BCUT2D eigenvalue weighted by atomic mass is 10.4. The van der Waals surface area contributed by atoms with E-state index in [1.54, 1.807) is 13.3 Å². The number of aromatic nitrogens is 2. The molecule has 12 heavy (non-hydrogen) atoms. The first kappa shape index (κ1) is 7.61. The molecule has 1 fully saturated rings. The molecule has 1 heterocycles. The number of imidazole rings is 1. The molecule has 4 nitrogen and oxygen atoms in total. The van der Waals surface area contributed by atoms with E-state index in [2.05, 4.69) is 9.55 Å². The molecule has 0 bridgehead atoms. The average Bonchev–Trinajstić information content (AvgIpc) is 2.85. The first-order valence-electron chi connectivity index (χ1n) is 4.17. The second-order valence-corrected chi connectivity index (χ2v) is 3.04. The highest BCUT2D eigenvalue weighted by molar-refractivity contribution is 5.13. The summed E-state index contributed by atoms with van der Waals surface area (Å²) in [5.74, 6) is 0. The van der Waals surface area contributed by atoms with Crippen molar-refractivity contribution in [2.45, 2.75) is 25.4 Å². The van der Waals surface area contributed by atoms with E-state index < -0.39 is 0 Å². The lowest BCUT2D eigenvalue weighted by Crippen LogP contribution is -2.07. The van der Waals surface area contributed by atoms with Gasteiger partial charge in [-0.2, -0.15) is 0 Å². The van der Waals surface area contributed by atoms with Crippen molar-refractivity contribution in [3.63, 3.8) is 0 Å². The van der Waals surface area contributed by atoms with Gasteiger partial charge in [0.05, 0.1) is 19.0 Å². The molecular formula is C8H13N3O. The number of hydrogen-bond donors (Lipinski definition) is 1. The molecule has 0 amide bonds. The van der Waals surface area contributed by atoms with Crippen molar-refractivity contribution >= 4 is 0 Å². The minimum absolute atomic E-state index is 0.535. The highest BCUT2D eigenvalue weighted by Crippen LogP contribution is 2.38. The Morgan fingerprint density at radius 1 is 1.75 bits per heavy atom. The Morgan fingerprint density at radius 3 is 3.00 bits per heavy atom. The summed E-state index contributed by atoms with van der Waals surface area (Å²) in [6, 6.07) is 1.28. The molecule has 0 saturated heterocycles. The van der Waals surface area contributed by atoms with E-state index in [1.165, 1.54) is 12.8 Å². The highest BCUT2D eigenvalue weighted by atomic mass is 16.5. The van der Waals surface area contributed by atoms with E-state index in [4.69, 9.17) is 10.5 Å². The monoisotopic (exact) mass is 167 g/mol. The van der Waals surface area contributed by atoms with Crippen molar-refractivity contribution in [1.82, 2.24) is 9.55 Å². The summed E-state index contributed by atoms with van der Waals surface area (Å²) >= 11 is 0. The van der Waals surface area contributed by atoms with Gasteiger partial charge in [-0.3, -0.25) is 4.57 Å². The standard InChI is InChI=1S/C8H13N3O/c1-12-8-10-5-7(4-9)11(8)6-2-3-6/h5-6H,2-4,9H2,1H3. The number of methoxy groups -OCH3 is 1. The Balaban J connectivity index is 2.36. The van der Waals surface area contributed by atoms with Crippen LogP contribution in [0.3, 0.4) is 0 Å². The Labute approximate surface area is 71.3 Å². The van der Waals surface area contributed by atoms with E-state index in [0.717, 1.165) is 5.69 Å². The summed E-state index contributed by atoms with van der Waals surface area (Å²) in [5, 5.41) is 0. The van der Waals surface area contributed by atoms with Crippen molar-refractivity contribution in [1.29, 1.82) is 0 Å². The van der Waals surface area contributed by atoms with E-state index in [1.807, 2.05) is 0 Å². The summed E-state index contributed by atoms with van der Waals surface area (Å²) in [6.45, 7) is 0.535. The van der Waals surface area contributed by atoms with Gasteiger partial charge in [0, 0.05) is 12.6 Å². The van der Waals surface area contributed by atoms with Crippen LogP contribution in [0.25, 0.3) is 0 Å². The second-order valence-electron chi connectivity index (χ2n) is 3.04. The van der Waals surface area contributed by atoms with Crippen LogP contribution in [0, 0.1) is 0 Å². The topological polar surface area (TPSA) is 53.1 Å². The van der Waals surface area contributed by atoms with E-state index in [9.17, 15) is 0 Å². The quantitative estimate of drug-likeness (QED) is 0.720. The number of hydrogen-bond acceptors (Lipinski definition) is 3. The predicted octanol–water partition coefficient (Wildman–Crippen LogP) is 0.685. The van der Waals surface area contributed by atoms with Gasteiger partial charge < -0.3 is 10.5 Å². The zero-order chi connectivity index (χ0) is 8.55. The number of ether oxygens (including phenoxy) is 1. The van der Waals surface area contributed by atoms with Crippen LogP contribution >= 0.6 is 0 Å². The maximum absolute atomic E-state index is 5.57. The van der Waals surface area contributed by atoms with Gasteiger partial charge in [0.2, 0.25) is 0 Å². The smallest absolute Gasteiger partial charge is 0.296 e. The van der Waals surface area contributed by atoms with Gasteiger partial charge in [-0.15, -0.1) is 0 Å².